The van der Waals surface area contributed by atoms with E-state index in [2.05, 4.69) is 24.1 Å². The number of piperidine rings is 1. The normalized spacial score (nSPS) is 23.0. The molecular formula is C17H25ClN2O. The summed E-state index contributed by atoms with van der Waals surface area (Å²) in [5.41, 5.74) is 0.628. The van der Waals surface area contributed by atoms with Gasteiger partial charge in [-0.05, 0) is 49.4 Å². The molecule has 0 saturated carbocycles. The first kappa shape index (κ1) is 16.3. The SMILES string of the molecule is C[C@@H]1C[C@@H](C)CN(CCCNC(=O)c2cccc(Cl)c2)C1. The molecule has 1 amide bonds. The standard InChI is InChI=1S/C17H25ClN2O/c1-13-9-14(2)12-20(11-13)8-4-7-19-17(21)15-5-3-6-16(18)10-15/h3,5-6,10,13-14H,4,7-9,11-12H2,1-2H3,(H,19,21)/t13-,14-/m1/s1. The van der Waals surface area contributed by atoms with Gasteiger partial charge in [-0.1, -0.05) is 31.5 Å². The maximum Gasteiger partial charge on any atom is 0.251 e. The van der Waals surface area contributed by atoms with Gasteiger partial charge < -0.3 is 10.2 Å². The van der Waals surface area contributed by atoms with E-state index in [0.29, 0.717) is 17.1 Å². The lowest BCUT2D eigenvalue weighted by molar-refractivity contribution is 0.0947. The highest BCUT2D eigenvalue weighted by Crippen LogP contribution is 2.20. The van der Waals surface area contributed by atoms with E-state index in [1.807, 2.05) is 0 Å². The minimum Gasteiger partial charge on any atom is -0.352 e. The number of carbonyl (C=O) groups is 1. The predicted octanol–water partition coefficient (Wildman–Crippen LogP) is 3.44. The molecule has 0 unspecified atom stereocenters. The first-order valence-electron chi connectivity index (χ1n) is 7.80. The van der Waals surface area contributed by atoms with Crippen LogP contribution in [0, 0.1) is 11.8 Å². The van der Waals surface area contributed by atoms with Crippen molar-refractivity contribution >= 4 is 17.5 Å². The molecule has 2 atom stereocenters. The van der Waals surface area contributed by atoms with Gasteiger partial charge in [0, 0.05) is 30.2 Å². The molecule has 1 aliphatic rings. The molecule has 1 fully saturated rings. The minimum atomic E-state index is -0.0436. The van der Waals surface area contributed by atoms with E-state index >= 15 is 0 Å². The Kier molecular flexibility index (Phi) is 6.07. The highest BCUT2D eigenvalue weighted by Gasteiger charge is 2.21. The van der Waals surface area contributed by atoms with E-state index in [1.54, 1.807) is 24.3 Å². The van der Waals surface area contributed by atoms with Crippen molar-refractivity contribution < 1.29 is 4.79 Å². The maximum absolute atomic E-state index is 12.0. The van der Waals surface area contributed by atoms with E-state index in [0.717, 1.165) is 24.8 Å². The number of hydrogen-bond acceptors (Lipinski definition) is 2. The largest absolute Gasteiger partial charge is 0.352 e. The Balaban J connectivity index is 1.69. The lowest BCUT2D eigenvalue weighted by Crippen LogP contribution is -2.40. The van der Waals surface area contributed by atoms with E-state index < -0.39 is 0 Å². The highest BCUT2D eigenvalue weighted by molar-refractivity contribution is 6.30. The molecule has 1 N–H and O–H groups in total. The lowest BCUT2D eigenvalue weighted by Gasteiger charge is -2.34. The van der Waals surface area contributed by atoms with Crippen LogP contribution in [-0.4, -0.2) is 37.0 Å². The average Bonchev–Trinajstić information content (AvgIpc) is 2.42. The Labute approximate surface area is 132 Å². The molecule has 1 aliphatic heterocycles. The zero-order valence-corrected chi connectivity index (χ0v) is 13.7. The van der Waals surface area contributed by atoms with Crippen LogP contribution in [0.5, 0.6) is 0 Å². The van der Waals surface area contributed by atoms with Crippen LogP contribution in [0.15, 0.2) is 24.3 Å². The second-order valence-corrected chi connectivity index (χ2v) is 6.76. The van der Waals surface area contributed by atoms with Crippen molar-refractivity contribution in [2.75, 3.05) is 26.2 Å². The van der Waals surface area contributed by atoms with Crippen LogP contribution in [0.4, 0.5) is 0 Å². The second kappa shape index (κ2) is 7.81. The van der Waals surface area contributed by atoms with Gasteiger partial charge in [-0.3, -0.25) is 4.79 Å². The molecule has 0 aliphatic carbocycles. The Hall–Kier alpha value is -1.06. The molecule has 1 heterocycles. The predicted molar refractivity (Wildman–Crippen MR) is 87.8 cm³/mol. The first-order valence-corrected chi connectivity index (χ1v) is 8.18. The lowest BCUT2D eigenvalue weighted by atomic mass is 9.92. The van der Waals surface area contributed by atoms with Crippen LogP contribution >= 0.6 is 11.6 Å². The third-order valence-corrected chi connectivity index (χ3v) is 4.20. The molecule has 0 bridgehead atoms. The number of halogens is 1. The summed E-state index contributed by atoms with van der Waals surface area (Å²) in [6, 6.07) is 7.06. The number of benzene rings is 1. The summed E-state index contributed by atoms with van der Waals surface area (Å²) >= 11 is 5.89. The van der Waals surface area contributed by atoms with Crippen LogP contribution in [-0.2, 0) is 0 Å². The summed E-state index contributed by atoms with van der Waals surface area (Å²) in [4.78, 5) is 14.5. The van der Waals surface area contributed by atoms with Gasteiger partial charge in [0.05, 0.1) is 0 Å². The van der Waals surface area contributed by atoms with Crippen LogP contribution in [0.2, 0.25) is 5.02 Å². The number of rotatable bonds is 5. The van der Waals surface area contributed by atoms with E-state index in [1.165, 1.54) is 19.5 Å². The number of likely N-dealkylation sites (tertiary alicyclic amines) is 1. The van der Waals surface area contributed by atoms with E-state index in [4.69, 9.17) is 11.6 Å². The summed E-state index contributed by atoms with van der Waals surface area (Å²) < 4.78 is 0. The quantitative estimate of drug-likeness (QED) is 0.845. The summed E-state index contributed by atoms with van der Waals surface area (Å²) in [5.74, 6) is 1.53. The number of nitrogens with zero attached hydrogens (tertiary/aromatic N) is 1. The summed E-state index contributed by atoms with van der Waals surface area (Å²) in [6.45, 7) is 8.79. The van der Waals surface area contributed by atoms with Crippen molar-refractivity contribution in [3.8, 4) is 0 Å². The van der Waals surface area contributed by atoms with Crippen LogP contribution < -0.4 is 5.32 Å². The fraction of sp³-hybridized carbons (Fsp3) is 0.588. The topological polar surface area (TPSA) is 32.3 Å². The molecule has 0 radical (unpaired) electrons. The van der Waals surface area contributed by atoms with Crippen LogP contribution in [0.1, 0.15) is 37.0 Å². The van der Waals surface area contributed by atoms with Gasteiger partial charge in [0.2, 0.25) is 0 Å². The summed E-state index contributed by atoms with van der Waals surface area (Å²) in [5, 5.41) is 3.56. The summed E-state index contributed by atoms with van der Waals surface area (Å²) in [7, 11) is 0. The third kappa shape index (κ3) is 5.33. The van der Waals surface area contributed by atoms with Crippen LogP contribution in [0.3, 0.4) is 0 Å². The van der Waals surface area contributed by atoms with Crippen molar-refractivity contribution in [2.24, 2.45) is 11.8 Å². The first-order chi connectivity index (χ1) is 10.0. The molecule has 2 rings (SSSR count). The van der Waals surface area contributed by atoms with Crippen molar-refractivity contribution in [1.29, 1.82) is 0 Å². The molecule has 1 saturated heterocycles. The smallest absolute Gasteiger partial charge is 0.251 e. The molecule has 116 valence electrons. The fourth-order valence-corrected chi connectivity index (χ4v) is 3.40. The zero-order valence-electron chi connectivity index (χ0n) is 12.9. The van der Waals surface area contributed by atoms with E-state index in [-0.39, 0.29) is 5.91 Å². The Morgan fingerprint density at radius 2 is 2.05 bits per heavy atom. The van der Waals surface area contributed by atoms with Gasteiger partial charge >= 0.3 is 0 Å². The molecular weight excluding hydrogens is 284 g/mol. The Morgan fingerprint density at radius 3 is 2.71 bits per heavy atom. The summed E-state index contributed by atoms with van der Waals surface area (Å²) in [6.07, 6.45) is 2.33. The van der Waals surface area contributed by atoms with Crippen molar-refractivity contribution in [3.05, 3.63) is 34.9 Å². The molecule has 1 aromatic rings. The minimum absolute atomic E-state index is 0.0436. The van der Waals surface area contributed by atoms with Gasteiger partial charge in [0.25, 0.3) is 5.91 Å². The van der Waals surface area contributed by atoms with E-state index in [9.17, 15) is 4.79 Å². The van der Waals surface area contributed by atoms with Crippen molar-refractivity contribution in [1.82, 2.24) is 10.2 Å². The number of hydrogen-bond donors (Lipinski definition) is 1. The Morgan fingerprint density at radius 1 is 1.33 bits per heavy atom. The number of carbonyl (C=O) groups excluding carboxylic acids is 1. The second-order valence-electron chi connectivity index (χ2n) is 6.33. The molecule has 4 heteroatoms. The Bertz CT molecular complexity index is 468. The van der Waals surface area contributed by atoms with Gasteiger partial charge in [0.1, 0.15) is 0 Å². The van der Waals surface area contributed by atoms with Gasteiger partial charge in [-0.25, -0.2) is 0 Å². The average molecular weight is 309 g/mol. The fourth-order valence-electron chi connectivity index (χ4n) is 3.21. The van der Waals surface area contributed by atoms with Gasteiger partial charge in [-0.2, -0.15) is 0 Å². The van der Waals surface area contributed by atoms with Gasteiger partial charge in [0.15, 0.2) is 0 Å². The molecule has 1 aromatic carbocycles. The van der Waals surface area contributed by atoms with Crippen molar-refractivity contribution in [3.63, 3.8) is 0 Å². The maximum atomic E-state index is 12.0. The number of amides is 1. The van der Waals surface area contributed by atoms with Crippen molar-refractivity contribution in [2.45, 2.75) is 26.7 Å². The zero-order chi connectivity index (χ0) is 15.2. The molecule has 0 spiro atoms. The molecule has 0 aromatic heterocycles. The van der Waals surface area contributed by atoms with Gasteiger partial charge in [-0.15, -0.1) is 0 Å². The highest BCUT2D eigenvalue weighted by atomic mass is 35.5. The third-order valence-electron chi connectivity index (χ3n) is 3.97. The molecule has 3 nitrogen and oxygen atoms in total. The monoisotopic (exact) mass is 308 g/mol. The molecule has 21 heavy (non-hydrogen) atoms. The van der Waals surface area contributed by atoms with Crippen LogP contribution in [0.25, 0.3) is 0 Å². The number of nitrogens with one attached hydrogen (secondary N) is 1.